The van der Waals surface area contributed by atoms with Crippen LogP contribution in [0.3, 0.4) is 0 Å². The Morgan fingerprint density at radius 2 is 1.63 bits per heavy atom. The zero-order valence-electron chi connectivity index (χ0n) is 12.6. The van der Waals surface area contributed by atoms with Crippen molar-refractivity contribution in [1.82, 2.24) is 0 Å². The lowest BCUT2D eigenvalue weighted by Gasteiger charge is -2.23. The fraction of sp³-hybridized carbons (Fsp3) is 0.529. The fourth-order valence-corrected chi connectivity index (χ4v) is 2.02. The van der Waals surface area contributed by atoms with E-state index >= 15 is 0 Å². The number of hydrogen-bond acceptors (Lipinski definition) is 2. The summed E-state index contributed by atoms with van der Waals surface area (Å²) in [6.45, 7) is 9.46. The number of anilines is 1. The van der Waals surface area contributed by atoms with Crippen molar-refractivity contribution in [3.63, 3.8) is 0 Å². The highest BCUT2D eigenvalue weighted by atomic mass is 16.5. The molecule has 0 atom stereocenters. The number of rotatable bonds is 9. The molecule has 0 aliphatic heterocycles. The minimum absolute atomic E-state index is 0.651. The summed E-state index contributed by atoms with van der Waals surface area (Å²) < 4.78 is 5.46. The van der Waals surface area contributed by atoms with E-state index in [1.807, 2.05) is 6.08 Å². The van der Waals surface area contributed by atoms with Crippen LogP contribution < -0.4 is 4.90 Å². The predicted octanol–water partition coefficient (Wildman–Crippen LogP) is 4.75. The molecule has 1 rings (SSSR count). The Morgan fingerprint density at radius 3 is 2.16 bits per heavy atom. The van der Waals surface area contributed by atoms with Crippen LogP contribution in [0.4, 0.5) is 5.69 Å². The van der Waals surface area contributed by atoms with Crippen molar-refractivity contribution in [1.29, 1.82) is 0 Å². The van der Waals surface area contributed by atoms with Crippen LogP contribution in [0.5, 0.6) is 0 Å². The number of hydrogen-bond donors (Lipinski definition) is 0. The van der Waals surface area contributed by atoms with Gasteiger partial charge >= 0.3 is 0 Å². The Balaban J connectivity index is 2.55. The molecule has 1 aromatic rings. The molecule has 2 heteroatoms. The smallest absolute Gasteiger partial charge is 0.112 e. The first-order valence-corrected chi connectivity index (χ1v) is 7.42. The highest BCUT2D eigenvalue weighted by molar-refractivity contribution is 5.47. The number of allylic oxidation sites excluding steroid dienone is 1. The van der Waals surface area contributed by atoms with Gasteiger partial charge in [0.2, 0.25) is 0 Å². The van der Waals surface area contributed by atoms with Crippen molar-refractivity contribution in [3.05, 3.63) is 42.2 Å². The van der Waals surface area contributed by atoms with Crippen LogP contribution in [0.1, 0.15) is 45.6 Å². The first kappa shape index (κ1) is 15.6. The van der Waals surface area contributed by atoms with E-state index in [4.69, 9.17) is 4.74 Å². The molecule has 0 saturated carbocycles. The molecule has 0 aromatic heterocycles. The Morgan fingerprint density at radius 1 is 1.00 bits per heavy atom. The quantitative estimate of drug-likeness (QED) is 0.595. The van der Waals surface area contributed by atoms with Crippen LogP contribution in [0.15, 0.2) is 36.6 Å². The van der Waals surface area contributed by atoms with E-state index < -0.39 is 0 Å². The van der Waals surface area contributed by atoms with E-state index in [1.54, 1.807) is 6.26 Å². The molecular weight excluding hydrogens is 234 g/mol. The molecule has 0 saturated heterocycles. The minimum atomic E-state index is 0.651. The van der Waals surface area contributed by atoms with E-state index in [9.17, 15) is 0 Å². The van der Waals surface area contributed by atoms with E-state index in [2.05, 4.69) is 49.9 Å². The molecule has 0 unspecified atom stereocenters. The summed E-state index contributed by atoms with van der Waals surface area (Å²) in [4.78, 5) is 2.45. The molecule has 1 aromatic carbocycles. The molecular formula is C17H27NO. The van der Waals surface area contributed by atoms with E-state index in [1.165, 1.54) is 24.1 Å². The molecule has 0 aliphatic carbocycles. The SMILES string of the molecule is CCC=COCc1ccc(N(CCC)CCC)cc1. The van der Waals surface area contributed by atoms with Gasteiger partial charge < -0.3 is 9.64 Å². The largest absolute Gasteiger partial charge is 0.497 e. The monoisotopic (exact) mass is 261 g/mol. The molecule has 0 amide bonds. The minimum Gasteiger partial charge on any atom is -0.497 e. The number of ether oxygens (including phenoxy) is 1. The predicted molar refractivity (Wildman–Crippen MR) is 83.5 cm³/mol. The summed E-state index contributed by atoms with van der Waals surface area (Å²) in [5.74, 6) is 0. The first-order chi connectivity index (χ1) is 9.31. The molecule has 0 bridgehead atoms. The van der Waals surface area contributed by atoms with Gasteiger partial charge in [-0.3, -0.25) is 0 Å². The topological polar surface area (TPSA) is 12.5 Å². The molecule has 0 radical (unpaired) electrons. The average molecular weight is 261 g/mol. The van der Waals surface area contributed by atoms with E-state index in [-0.39, 0.29) is 0 Å². The van der Waals surface area contributed by atoms with Gasteiger partial charge in [-0.2, -0.15) is 0 Å². The van der Waals surface area contributed by atoms with Gasteiger partial charge in [-0.05, 0) is 37.0 Å². The van der Waals surface area contributed by atoms with Crippen LogP contribution in [-0.2, 0) is 11.3 Å². The summed E-state index contributed by atoms with van der Waals surface area (Å²) in [5.41, 5.74) is 2.54. The molecule has 19 heavy (non-hydrogen) atoms. The van der Waals surface area contributed by atoms with Crippen molar-refractivity contribution in [2.45, 2.75) is 46.6 Å². The summed E-state index contributed by atoms with van der Waals surface area (Å²) in [6, 6.07) is 8.72. The lowest BCUT2D eigenvalue weighted by atomic mass is 10.2. The maximum Gasteiger partial charge on any atom is 0.112 e. The van der Waals surface area contributed by atoms with Crippen molar-refractivity contribution >= 4 is 5.69 Å². The van der Waals surface area contributed by atoms with Crippen molar-refractivity contribution in [3.8, 4) is 0 Å². The standard InChI is InChI=1S/C17H27NO/c1-4-7-14-19-15-16-8-10-17(11-9-16)18(12-5-2)13-6-3/h7-11,14H,4-6,12-13,15H2,1-3H3. The lowest BCUT2D eigenvalue weighted by molar-refractivity contribution is 0.235. The van der Waals surface area contributed by atoms with Crippen LogP contribution in [-0.4, -0.2) is 13.1 Å². The third-order valence-electron chi connectivity index (χ3n) is 2.97. The maximum absolute atomic E-state index is 5.46. The van der Waals surface area contributed by atoms with Gasteiger partial charge in [-0.15, -0.1) is 0 Å². The summed E-state index contributed by atoms with van der Waals surface area (Å²) >= 11 is 0. The van der Waals surface area contributed by atoms with Gasteiger partial charge in [0.25, 0.3) is 0 Å². The molecule has 0 heterocycles. The van der Waals surface area contributed by atoms with Gasteiger partial charge in [0.05, 0.1) is 6.26 Å². The van der Waals surface area contributed by atoms with Gasteiger partial charge in [0.1, 0.15) is 6.61 Å². The van der Waals surface area contributed by atoms with E-state index in [0.29, 0.717) is 6.61 Å². The van der Waals surface area contributed by atoms with Crippen molar-refractivity contribution < 1.29 is 4.74 Å². The summed E-state index contributed by atoms with van der Waals surface area (Å²) in [5, 5.41) is 0. The Kier molecular flexibility index (Phi) is 7.80. The van der Waals surface area contributed by atoms with E-state index in [0.717, 1.165) is 19.5 Å². The third kappa shape index (κ3) is 5.82. The molecule has 0 spiro atoms. The molecule has 0 fully saturated rings. The second kappa shape index (κ2) is 9.48. The normalized spacial score (nSPS) is 10.9. The van der Waals surface area contributed by atoms with Crippen LogP contribution >= 0.6 is 0 Å². The third-order valence-corrected chi connectivity index (χ3v) is 2.97. The van der Waals surface area contributed by atoms with Crippen molar-refractivity contribution in [2.24, 2.45) is 0 Å². The van der Waals surface area contributed by atoms with Gasteiger partial charge in [0.15, 0.2) is 0 Å². The van der Waals surface area contributed by atoms with Crippen molar-refractivity contribution in [2.75, 3.05) is 18.0 Å². The zero-order chi connectivity index (χ0) is 13.9. The molecule has 2 nitrogen and oxygen atoms in total. The highest BCUT2D eigenvalue weighted by Gasteiger charge is 2.03. The molecule has 106 valence electrons. The summed E-state index contributed by atoms with van der Waals surface area (Å²) in [7, 11) is 0. The van der Waals surface area contributed by atoms with Crippen LogP contribution in [0.2, 0.25) is 0 Å². The number of benzene rings is 1. The maximum atomic E-state index is 5.46. The van der Waals surface area contributed by atoms with Gasteiger partial charge in [0, 0.05) is 18.8 Å². The van der Waals surface area contributed by atoms with Crippen LogP contribution in [0, 0.1) is 0 Å². The van der Waals surface area contributed by atoms with Gasteiger partial charge in [-0.1, -0.05) is 39.0 Å². The zero-order valence-corrected chi connectivity index (χ0v) is 12.6. The summed E-state index contributed by atoms with van der Waals surface area (Å²) in [6.07, 6.45) is 7.20. The Labute approximate surface area is 118 Å². The Bertz CT molecular complexity index is 350. The fourth-order valence-electron chi connectivity index (χ4n) is 2.02. The number of nitrogens with zero attached hydrogens (tertiary/aromatic N) is 1. The Hall–Kier alpha value is -1.44. The second-order valence-corrected chi connectivity index (χ2v) is 4.74. The lowest BCUT2D eigenvalue weighted by Crippen LogP contribution is -2.24. The first-order valence-electron chi connectivity index (χ1n) is 7.42. The van der Waals surface area contributed by atoms with Crippen LogP contribution in [0.25, 0.3) is 0 Å². The molecule has 0 aliphatic rings. The molecule has 0 N–H and O–H groups in total. The highest BCUT2D eigenvalue weighted by Crippen LogP contribution is 2.16. The second-order valence-electron chi connectivity index (χ2n) is 4.74. The average Bonchev–Trinajstić information content (AvgIpc) is 2.44. The van der Waals surface area contributed by atoms with Gasteiger partial charge in [-0.25, -0.2) is 0 Å².